The first-order valence-corrected chi connectivity index (χ1v) is 6.99. The third-order valence-corrected chi connectivity index (χ3v) is 3.20. The van der Waals surface area contributed by atoms with Gasteiger partial charge in [-0.2, -0.15) is 0 Å². The maximum absolute atomic E-state index is 12.0. The number of carbonyl (C=O) groups excluding carboxylic acids is 2. The van der Waals surface area contributed by atoms with E-state index in [1.54, 1.807) is 30.5 Å². The van der Waals surface area contributed by atoms with Crippen molar-refractivity contribution in [3.8, 4) is 0 Å². The van der Waals surface area contributed by atoms with Crippen LogP contribution in [0.25, 0.3) is 0 Å². The van der Waals surface area contributed by atoms with Gasteiger partial charge in [-0.25, -0.2) is 9.78 Å². The Balaban J connectivity index is 1.77. The fourth-order valence-corrected chi connectivity index (χ4v) is 2.04. The Morgan fingerprint density at radius 1 is 1.27 bits per heavy atom. The zero-order valence-electron chi connectivity index (χ0n) is 12.4. The van der Waals surface area contributed by atoms with Gasteiger partial charge in [0.05, 0.1) is 0 Å². The number of amides is 3. The van der Waals surface area contributed by atoms with Crippen molar-refractivity contribution >= 4 is 17.6 Å². The molecule has 1 aromatic heterocycles. The summed E-state index contributed by atoms with van der Waals surface area (Å²) >= 11 is 0. The summed E-state index contributed by atoms with van der Waals surface area (Å²) in [5.41, 5.74) is 6.11. The minimum atomic E-state index is -0.632. The summed E-state index contributed by atoms with van der Waals surface area (Å²) in [6.07, 6.45) is 4.50. The quantitative estimate of drug-likeness (QED) is 0.705. The molecule has 0 fully saturated rings. The number of carbonyl (C=O) groups is 2. The van der Waals surface area contributed by atoms with E-state index in [-0.39, 0.29) is 5.91 Å². The fourth-order valence-electron chi connectivity index (χ4n) is 2.04. The molecule has 0 aliphatic carbocycles. The molecule has 4 N–H and O–H groups in total. The number of aromatic nitrogens is 2. The standard InChI is InChI=1S/C15H19N5O2/c1-11-17-8-10-20(11)9-2-7-18-14(21)12-3-5-13(6-4-12)19-15(16)22/h3-6,8,10H,2,7,9H2,1H3,(H,18,21)(H3,16,19,22). The first kappa shape index (κ1) is 15.6. The molecular formula is C15H19N5O2. The number of nitrogens with zero attached hydrogens (tertiary/aromatic N) is 2. The van der Waals surface area contributed by atoms with Crippen LogP contribution in [-0.4, -0.2) is 28.0 Å². The van der Waals surface area contributed by atoms with Crippen LogP contribution in [0.5, 0.6) is 0 Å². The summed E-state index contributed by atoms with van der Waals surface area (Å²) in [6, 6.07) is 5.91. The van der Waals surface area contributed by atoms with Gasteiger partial charge in [0.1, 0.15) is 5.82 Å². The number of aryl methyl sites for hydroxylation is 2. The molecule has 0 aliphatic rings. The molecule has 0 radical (unpaired) electrons. The third kappa shape index (κ3) is 4.34. The molecule has 1 aromatic carbocycles. The molecule has 7 heteroatoms. The first-order chi connectivity index (χ1) is 10.6. The molecule has 0 unspecified atom stereocenters. The Kier molecular flexibility index (Phi) is 5.13. The molecule has 0 bridgehead atoms. The van der Waals surface area contributed by atoms with E-state index in [1.807, 2.05) is 17.7 Å². The number of anilines is 1. The Bertz CT molecular complexity index is 648. The molecule has 0 saturated carbocycles. The van der Waals surface area contributed by atoms with Crippen molar-refractivity contribution in [1.29, 1.82) is 0 Å². The van der Waals surface area contributed by atoms with Gasteiger partial charge in [0, 0.05) is 36.7 Å². The van der Waals surface area contributed by atoms with Crippen molar-refractivity contribution in [2.75, 3.05) is 11.9 Å². The second-order valence-electron chi connectivity index (χ2n) is 4.84. The van der Waals surface area contributed by atoms with E-state index >= 15 is 0 Å². The number of hydrogen-bond acceptors (Lipinski definition) is 3. The van der Waals surface area contributed by atoms with Gasteiger partial charge in [0.15, 0.2) is 0 Å². The molecule has 116 valence electrons. The van der Waals surface area contributed by atoms with E-state index in [4.69, 9.17) is 5.73 Å². The van der Waals surface area contributed by atoms with Gasteiger partial charge in [0.2, 0.25) is 0 Å². The lowest BCUT2D eigenvalue weighted by Gasteiger charge is -2.08. The zero-order valence-corrected chi connectivity index (χ0v) is 12.4. The minimum absolute atomic E-state index is 0.145. The second kappa shape index (κ2) is 7.26. The van der Waals surface area contributed by atoms with Crippen LogP contribution >= 0.6 is 0 Å². The van der Waals surface area contributed by atoms with E-state index in [1.165, 1.54) is 0 Å². The summed E-state index contributed by atoms with van der Waals surface area (Å²) < 4.78 is 2.04. The predicted octanol–water partition coefficient (Wildman–Crippen LogP) is 1.50. The highest BCUT2D eigenvalue weighted by Gasteiger charge is 2.05. The van der Waals surface area contributed by atoms with Gasteiger partial charge < -0.3 is 20.9 Å². The topological polar surface area (TPSA) is 102 Å². The maximum Gasteiger partial charge on any atom is 0.316 e. The van der Waals surface area contributed by atoms with Gasteiger partial charge in [-0.05, 0) is 37.6 Å². The highest BCUT2D eigenvalue weighted by atomic mass is 16.2. The number of rotatable bonds is 6. The lowest BCUT2D eigenvalue weighted by molar-refractivity contribution is 0.0952. The predicted molar refractivity (Wildman–Crippen MR) is 83.6 cm³/mol. The molecule has 1 heterocycles. The SMILES string of the molecule is Cc1nccn1CCCNC(=O)c1ccc(NC(N)=O)cc1. The number of imidazole rings is 1. The van der Waals surface area contributed by atoms with Gasteiger partial charge in [-0.1, -0.05) is 0 Å². The molecule has 0 spiro atoms. The largest absolute Gasteiger partial charge is 0.352 e. The number of urea groups is 1. The van der Waals surface area contributed by atoms with E-state index < -0.39 is 6.03 Å². The van der Waals surface area contributed by atoms with Crippen LogP contribution in [0.3, 0.4) is 0 Å². The van der Waals surface area contributed by atoms with Crippen LogP contribution in [-0.2, 0) is 6.54 Å². The number of hydrogen-bond donors (Lipinski definition) is 3. The van der Waals surface area contributed by atoms with Crippen LogP contribution in [0.2, 0.25) is 0 Å². The monoisotopic (exact) mass is 301 g/mol. The number of nitrogens with two attached hydrogens (primary N) is 1. The van der Waals surface area contributed by atoms with E-state index in [0.29, 0.717) is 17.8 Å². The molecule has 22 heavy (non-hydrogen) atoms. The third-order valence-electron chi connectivity index (χ3n) is 3.20. The number of benzene rings is 1. The van der Waals surface area contributed by atoms with E-state index in [0.717, 1.165) is 18.8 Å². The maximum atomic E-state index is 12.0. The molecule has 0 aliphatic heterocycles. The van der Waals surface area contributed by atoms with Crippen LogP contribution in [0.4, 0.5) is 10.5 Å². The molecule has 0 atom stereocenters. The minimum Gasteiger partial charge on any atom is -0.352 e. The van der Waals surface area contributed by atoms with Crippen molar-refractivity contribution in [2.24, 2.45) is 5.73 Å². The summed E-state index contributed by atoms with van der Waals surface area (Å²) in [6.45, 7) is 3.34. The molecular weight excluding hydrogens is 282 g/mol. The molecule has 2 rings (SSSR count). The summed E-state index contributed by atoms with van der Waals surface area (Å²) in [4.78, 5) is 26.8. The smallest absolute Gasteiger partial charge is 0.316 e. The average Bonchev–Trinajstić information content (AvgIpc) is 2.89. The Hall–Kier alpha value is -2.83. The average molecular weight is 301 g/mol. The Morgan fingerprint density at radius 2 is 2.00 bits per heavy atom. The highest BCUT2D eigenvalue weighted by Crippen LogP contribution is 2.09. The number of nitrogens with one attached hydrogen (secondary N) is 2. The van der Waals surface area contributed by atoms with Crippen molar-refractivity contribution in [3.63, 3.8) is 0 Å². The van der Waals surface area contributed by atoms with Crippen LogP contribution in [0.1, 0.15) is 22.6 Å². The van der Waals surface area contributed by atoms with Crippen LogP contribution < -0.4 is 16.4 Å². The summed E-state index contributed by atoms with van der Waals surface area (Å²) in [5.74, 6) is 0.817. The van der Waals surface area contributed by atoms with Crippen molar-refractivity contribution < 1.29 is 9.59 Å². The molecule has 2 aromatic rings. The zero-order chi connectivity index (χ0) is 15.9. The van der Waals surface area contributed by atoms with Crippen LogP contribution in [0.15, 0.2) is 36.7 Å². The number of primary amides is 1. The molecule has 3 amide bonds. The van der Waals surface area contributed by atoms with Gasteiger partial charge >= 0.3 is 6.03 Å². The molecule has 0 saturated heterocycles. The van der Waals surface area contributed by atoms with Crippen molar-refractivity contribution in [1.82, 2.24) is 14.9 Å². The van der Waals surface area contributed by atoms with E-state index in [2.05, 4.69) is 15.6 Å². The summed E-state index contributed by atoms with van der Waals surface area (Å²) in [7, 11) is 0. The normalized spacial score (nSPS) is 10.2. The highest BCUT2D eigenvalue weighted by molar-refractivity contribution is 5.95. The molecule has 7 nitrogen and oxygen atoms in total. The van der Waals surface area contributed by atoms with Crippen LogP contribution in [0, 0.1) is 6.92 Å². The second-order valence-corrected chi connectivity index (χ2v) is 4.84. The van der Waals surface area contributed by atoms with Crippen molar-refractivity contribution in [2.45, 2.75) is 19.9 Å². The fraction of sp³-hybridized carbons (Fsp3) is 0.267. The lowest BCUT2D eigenvalue weighted by Crippen LogP contribution is -2.25. The van der Waals surface area contributed by atoms with Gasteiger partial charge in [0.25, 0.3) is 5.91 Å². The Labute approximate surface area is 128 Å². The Morgan fingerprint density at radius 3 is 2.59 bits per heavy atom. The van der Waals surface area contributed by atoms with Gasteiger partial charge in [-0.3, -0.25) is 4.79 Å². The van der Waals surface area contributed by atoms with Crippen molar-refractivity contribution in [3.05, 3.63) is 48.0 Å². The summed E-state index contributed by atoms with van der Waals surface area (Å²) in [5, 5.41) is 5.30. The van der Waals surface area contributed by atoms with E-state index in [9.17, 15) is 9.59 Å². The first-order valence-electron chi connectivity index (χ1n) is 6.99. The lowest BCUT2D eigenvalue weighted by atomic mass is 10.2. The van der Waals surface area contributed by atoms with Gasteiger partial charge in [-0.15, -0.1) is 0 Å².